The molecule has 37 heavy (non-hydrogen) atoms. The maximum absolute atomic E-state index is 13.2. The highest BCUT2D eigenvalue weighted by molar-refractivity contribution is 6.04. The van der Waals surface area contributed by atoms with Gasteiger partial charge in [-0.15, -0.1) is 0 Å². The maximum Gasteiger partial charge on any atom is 0.309 e. The molecular weight excluding hydrogens is 476 g/mol. The van der Waals surface area contributed by atoms with Crippen LogP contribution in [0.25, 0.3) is 0 Å². The second-order valence-electron chi connectivity index (χ2n) is 12.7. The molecule has 0 saturated heterocycles. The van der Waals surface area contributed by atoms with Crippen molar-refractivity contribution in [2.45, 2.75) is 91.1 Å². The number of aliphatic hydroxyl groups is 3. The van der Waals surface area contributed by atoms with Gasteiger partial charge in [-0.05, 0) is 24.5 Å². The van der Waals surface area contributed by atoms with Crippen molar-refractivity contribution in [1.82, 2.24) is 0 Å². The molecule has 8 heteroatoms. The van der Waals surface area contributed by atoms with Crippen LogP contribution < -0.4 is 0 Å². The van der Waals surface area contributed by atoms with Gasteiger partial charge in [0.15, 0.2) is 11.4 Å². The quantitative estimate of drug-likeness (QED) is 0.361. The summed E-state index contributed by atoms with van der Waals surface area (Å²) in [7, 11) is 0. The predicted octanol–water partition coefficient (Wildman–Crippen LogP) is 2.73. The van der Waals surface area contributed by atoms with Crippen molar-refractivity contribution in [3.63, 3.8) is 0 Å². The van der Waals surface area contributed by atoms with E-state index in [2.05, 4.69) is 0 Å². The van der Waals surface area contributed by atoms with Crippen molar-refractivity contribution >= 4 is 17.7 Å². The Kier molecular flexibility index (Phi) is 6.62. The van der Waals surface area contributed by atoms with Crippen molar-refractivity contribution in [1.29, 1.82) is 0 Å². The first-order chi connectivity index (χ1) is 17.0. The highest BCUT2D eigenvalue weighted by Gasteiger charge is 2.88. The fourth-order valence-corrected chi connectivity index (χ4v) is 7.52. The van der Waals surface area contributed by atoms with Gasteiger partial charge < -0.3 is 24.8 Å². The Morgan fingerprint density at radius 3 is 2.30 bits per heavy atom. The second kappa shape index (κ2) is 8.75. The van der Waals surface area contributed by atoms with E-state index < -0.39 is 81.6 Å². The Labute approximate surface area is 219 Å². The number of hydrogen-bond donors (Lipinski definition) is 3. The molecule has 0 aliphatic heterocycles. The molecule has 0 aromatic rings. The standard InChI is InChI=1S/C29H42O8/c1-9-15(4)25(33)36-23-17(6)28(35)19(21-26(7,8)29(21,23)37-24(32)14(2)3)11-18(13-30)12-27(34)20(28)10-16(5)22(27)31/h10-11,14-15,17,19-21,23,30,34-35H,9,12-13H2,1-8H3/t15-,17-,19+,20-,21-,23-,27-,28-,29-/m1/s1. The van der Waals surface area contributed by atoms with Gasteiger partial charge in [0.25, 0.3) is 0 Å². The number of carbonyl (C=O) groups is 3. The molecule has 4 aliphatic carbocycles. The minimum absolute atomic E-state index is 0.115. The molecule has 0 spiro atoms. The predicted molar refractivity (Wildman–Crippen MR) is 135 cm³/mol. The number of ether oxygens (including phenoxy) is 2. The third-order valence-corrected chi connectivity index (χ3v) is 9.96. The van der Waals surface area contributed by atoms with Crippen LogP contribution in [-0.2, 0) is 23.9 Å². The lowest BCUT2D eigenvalue weighted by Crippen LogP contribution is -2.66. The average Bonchev–Trinajstić information content (AvgIpc) is 3.26. The Balaban J connectivity index is 1.94. The van der Waals surface area contributed by atoms with E-state index >= 15 is 0 Å². The first-order valence-electron chi connectivity index (χ1n) is 13.5. The second-order valence-corrected chi connectivity index (χ2v) is 12.7. The first-order valence-corrected chi connectivity index (χ1v) is 13.5. The summed E-state index contributed by atoms with van der Waals surface area (Å²) in [5, 5.41) is 34.6. The van der Waals surface area contributed by atoms with E-state index in [1.54, 1.807) is 46.8 Å². The minimum Gasteiger partial charge on any atom is -0.457 e. The van der Waals surface area contributed by atoms with Gasteiger partial charge in [0.2, 0.25) is 0 Å². The third-order valence-electron chi connectivity index (χ3n) is 9.96. The number of aliphatic hydroxyl groups excluding tert-OH is 1. The van der Waals surface area contributed by atoms with Crippen LogP contribution in [0.1, 0.15) is 68.2 Å². The Hall–Kier alpha value is -2.03. The molecule has 0 aromatic carbocycles. The molecule has 0 bridgehead atoms. The van der Waals surface area contributed by atoms with Crippen LogP contribution in [0.3, 0.4) is 0 Å². The monoisotopic (exact) mass is 518 g/mol. The van der Waals surface area contributed by atoms with Crippen molar-refractivity contribution in [3.05, 3.63) is 23.3 Å². The Bertz CT molecular complexity index is 1070. The van der Waals surface area contributed by atoms with Crippen molar-refractivity contribution in [2.24, 2.45) is 40.9 Å². The van der Waals surface area contributed by atoms with Crippen LogP contribution in [-0.4, -0.2) is 62.6 Å². The summed E-state index contributed by atoms with van der Waals surface area (Å²) in [6.07, 6.45) is 2.81. The lowest BCUT2D eigenvalue weighted by Gasteiger charge is -2.53. The molecule has 0 radical (unpaired) electrons. The molecule has 0 amide bonds. The zero-order valence-corrected chi connectivity index (χ0v) is 23.2. The van der Waals surface area contributed by atoms with Crippen LogP contribution in [0, 0.1) is 40.9 Å². The van der Waals surface area contributed by atoms with Crippen LogP contribution in [0.4, 0.5) is 0 Å². The summed E-state index contributed by atoms with van der Waals surface area (Å²) in [4.78, 5) is 39.4. The number of ketones is 1. The third kappa shape index (κ3) is 3.54. The van der Waals surface area contributed by atoms with Gasteiger partial charge in [-0.3, -0.25) is 14.4 Å². The number of Topliss-reactive ketones (excluding diaryl/α,β-unsaturated/α-hetero) is 1. The number of fused-ring (bicyclic) bond motifs is 5. The van der Waals surface area contributed by atoms with Crippen LogP contribution in [0.5, 0.6) is 0 Å². The van der Waals surface area contributed by atoms with Crippen LogP contribution in [0.15, 0.2) is 23.3 Å². The van der Waals surface area contributed by atoms with Gasteiger partial charge in [-0.1, -0.05) is 60.6 Å². The van der Waals surface area contributed by atoms with Crippen molar-refractivity contribution in [3.8, 4) is 0 Å². The number of carbonyl (C=O) groups excluding carboxylic acids is 3. The summed E-state index contributed by atoms with van der Waals surface area (Å²) < 4.78 is 12.4. The molecule has 206 valence electrons. The van der Waals surface area contributed by atoms with E-state index in [1.807, 2.05) is 20.8 Å². The highest BCUT2D eigenvalue weighted by atomic mass is 16.6. The van der Waals surface area contributed by atoms with E-state index in [0.717, 1.165) is 0 Å². The number of hydrogen-bond acceptors (Lipinski definition) is 8. The van der Waals surface area contributed by atoms with Gasteiger partial charge in [-0.2, -0.15) is 0 Å². The first kappa shape index (κ1) is 28.0. The molecule has 0 heterocycles. The SMILES string of the molecule is CC[C@@H](C)C(=O)O[C@@H]1[C@@H](C)[C@@]2(O)[C@@H](C=C(CO)C[C@]3(O)C(=O)C(C)=C[C@@H]23)[C@@H]2C(C)(C)[C@]12OC(=O)C(C)C. The maximum atomic E-state index is 13.2. The van der Waals surface area contributed by atoms with Gasteiger partial charge in [0, 0.05) is 35.5 Å². The van der Waals surface area contributed by atoms with Crippen molar-refractivity contribution < 1.29 is 39.2 Å². The highest BCUT2D eigenvalue weighted by Crippen LogP contribution is 2.77. The van der Waals surface area contributed by atoms with Crippen molar-refractivity contribution in [2.75, 3.05) is 6.61 Å². The van der Waals surface area contributed by atoms with E-state index in [-0.39, 0.29) is 13.0 Å². The zero-order chi connectivity index (χ0) is 27.9. The molecule has 3 N–H and O–H groups in total. The van der Waals surface area contributed by atoms with Gasteiger partial charge in [0.1, 0.15) is 11.7 Å². The molecule has 4 rings (SSSR count). The largest absolute Gasteiger partial charge is 0.457 e. The summed E-state index contributed by atoms with van der Waals surface area (Å²) >= 11 is 0. The van der Waals surface area contributed by atoms with E-state index in [0.29, 0.717) is 17.6 Å². The molecule has 9 atom stereocenters. The molecule has 0 aromatic heterocycles. The van der Waals surface area contributed by atoms with Gasteiger partial charge >= 0.3 is 11.9 Å². The average molecular weight is 519 g/mol. The lowest BCUT2D eigenvalue weighted by atomic mass is 9.59. The van der Waals surface area contributed by atoms with Gasteiger partial charge in [-0.25, -0.2) is 0 Å². The Morgan fingerprint density at radius 1 is 1.14 bits per heavy atom. The van der Waals surface area contributed by atoms with E-state index in [9.17, 15) is 29.7 Å². The summed E-state index contributed by atoms with van der Waals surface area (Å²) in [5.41, 5.74) is -4.78. The Morgan fingerprint density at radius 2 is 1.76 bits per heavy atom. The lowest BCUT2D eigenvalue weighted by molar-refractivity contribution is -0.231. The molecule has 8 nitrogen and oxygen atoms in total. The summed E-state index contributed by atoms with van der Waals surface area (Å²) in [6, 6.07) is 0. The molecule has 2 saturated carbocycles. The molecule has 2 fully saturated rings. The summed E-state index contributed by atoms with van der Waals surface area (Å²) in [6.45, 7) is 13.9. The number of rotatable bonds is 6. The number of esters is 2. The summed E-state index contributed by atoms with van der Waals surface area (Å²) in [5.74, 6) is -5.15. The van der Waals surface area contributed by atoms with Crippen LogP contribution >= 0.6 is 0 Å². The van der Waals surface area contributed by atoms with E-state index in [4.69, 9.17) is 9.47 Å². The van der Waals surface area contributed by atoms with Crippen LogP contribution in [0.2, 0.25) is 0 Å². The molecular formula is C29H42O8. The smallest absolute Gasteiger partial charge is 0.309 e. The zero-order valence-electron chi connectivity index (χ0n) is 23.2. The topological polar surface area (TPSA) is 130 Å². The minimum atomic E-state index is -1.94. The van der Waals surface area contributed by atoms with Gasteiger partial charge in [0.05, 0.1) is 24.0 Å². The fourth-order valence-electron chi connectivity index (χ4n) is 7.52. The normalized spacial score (nSPS) is 42.5. The molecule has 4 aliphatic rings. The van der Waals surface area contributed by atoms with E-state index in [1.165, 1.54) is 0 Å². The molecule has 0 unspecified atom stereocenters. The fraction of sp³-hybridized carbons (Fsp3) is 0.759.